The van der Waals surface area contributed by atoms with Crippen LogP contribution in [0.4, 0.5) is 0 Å². The lowest BCUT2D eigenvalue weighted by Crippen LogP contribution is -2.04. The summed E-state index contributed by atoms with van der Waals surface area (Å²) in [5.41, 5.74) is 0.284. The molecule has 0 radical (unpaired) electrons. The van der Waals surface area contributed by atoms with Crippen molar-refractivity contribution in [2.75, 3.05) is 6.61 Å². The van der Waals surface area contributed by atoms with Crippen LogP contribution in [0.25, 0.3) is 0 Å². The number of carbonyl (C=O) groups is 1. The van der Waals surface area contributed by atoms with Crippen molar-refractivity contribution in [3.8, 4) is 0 Å². The molecule has 0 amide bonds. The van der Waals surface area contributed by atoms with Gasteiger partial charge in [-0.15, -0.1) is 5.10 Å². The number of carbonyl (C=O) groups excluding carboxylic acids is 1. The van der Waals surface area contributed by atoms with Crippen LogP contribution in [0.15, 0.2) is 5.38 Å². The summed E-state index contributed by atoms with van der Waals surface area (Å²) in [7, 11) is 0. The minimum absolute atomic E-state index is 0.284. The van der Waals surface area contributed by atoms with Crippen molar-refractivity contribution >= 4 is 17.5 Å². The van der Waals surface area contributed by atoms with Gasteiger partial charge in [0.1, 0.15) is 0 Å². The van der Waals surface area contributed by atoms with Crippen molar-refractivity contribution in [3.63, 3.8) is 0 Å². The Morgan fingerprint density at radius 2 is 2.70 bits per heavy atom. The predicted molar refractivity (Wildman–Crippen MR) is 35.9 cm³/mol. The van der Waals surface area contributed by atoms with Crippen molar-refractivity contribution < 1.29 is 9.53 Å². The van der Waals surface area contributed by atoms with E-state index in [1.807, 2.05) is 0 Å². The zero-order chi connectivity index (χ0) is 7.40. The summed E-state index contributed by atoms with van der Waals surface area (Å²) in [5.74, 6) is -0.406. The maximum absolute atomic E-state index is 10.8. The molecule has 4 nitrogen and oxygen atoms in total. The third kappa shape index (κ3) is 1.51. The molecule has 0 aliphatic heterocycles. The molecule has 10 heavy (non-hydrogen) atoms. The average Bonchev–Trinajstić information content (AvgIpc) is 2.38. The highest BCUT2D eigenvalue weighted by Crippen LogP contribution is 1.98. The van der Waals surface area contributed by atoms with E-state index >= 15 is 0 Å². The van der Waals surface area contributed by atoms with Gasteiger partial charge < -0.3 is 4.74 Å². The average molecular weight is 158 g/mol. The first kappa shape index (κ1) is 7.14. The Bertz CT molecular complexity index is 209. The molecule has 0 spiro atoms. The Hall–Kier alpha value is -0.970. The highest BCUT2D eigenvalue weighted by atomic mass is 32.1. The minimum Gasteiger partial charge on any atom is -0.461 e. The standard InChI is InChI=1S/C5H6N2O2S/c1-2-9-5(8)4-3-10-7-6-4/h3H,2H2,1H3. The van der Waals surface area contributed by atoms with Crippen LogP contribution >= 0.6 is 11.5 Å². The molecule has 1 heterocycles. The van der Waals surface area contributed by atoms with Gasteiger partial charge in [0, 0.05) is 5.38 Å². The molecule has 0 saturated carbocycles. The van der Waals surface area contributed by atoms with E-state index in [2.05, 4.69) is 14.3 Å². The monoisotopic (exact) mass is 158 g/mol. The zero-order valence-electron chi connectivity index (χ0n) is 5.40. The third-order valence-corrected chi connectivity index (χ3v) is 1.35. The van der Waals surface area contributed by atoms with Gasteiger partial charge >= 0.3 is 5.97 Å². The van der Waals surface area contributed by atoms with Crippen LogP contribution in [0.3, 0.4) is 0 Å². The van der Waals surface area contributed by atoms with E-state index in [0.717, 1.165) is 11.5 Å². The lowest BCUT2D eigenvalue weighted by Gasteiger charge is -1.94. The molecular formula is C5H6N2O2S. The van der Waals surface area contributed by atoms with Crippen molar-refractivity contribution in [1.29, 1.82) is 0 Å². The largest absolute Gasteiger partial charge is 0.461 e. The minimum atomic E-state index is -0.406. The van der Waals surface area contributed by atoms with Gasteiger partial charge in [-0.3, -0.25) is 0 Å². The molecule has 0 aromatic carbocycles. The number of hydrogen-bond donors (Lipinski definition) is 0. The number of esters is 1. The summed E-state index contributed by atoms with van der Waals surface area (Å²) in [6.07, 6.45) is 0. The maximum atomic E-state index is 10.8. The highest BCUT2D eigenvalue weighted by Gasteiger charge is 2.07. The van der Waals surface area contributed by atoms with Crippen molar-refractivity contribution in [3.05, 3.63) is 11.1 Å². The molecule has 54 valence electrons. The van der Waals surface area contributed by atoms with E-state index in [9.17, 15) is 4.79 Å². The second-order valence-electron chi connectivity index (χ2n) is 1.51. The van der Waals surface area contributed by atoms with Gasteiger partial charge in [0.05, 0.1) is 6.61 Å². The third-order valence-electron chi connectivity index (χ3n) is 0.845. The SMILES string of the molecule is CCOC(=O)c1csnn1. The normalized spacial score (nSPS) is 9.30. The zero-order valence-corrected chi connectivity index (χ0v) is 6.22. The van der Waals surface area contributed by atoms with Crippen LogP contribution in [0.5, 0.6) is 0 Å². The molecule has 0 aliphatic carbocycles. The van der Waals surface area contributed by atoms with Crippen LogP contribution in [0.2, 0.25) is 0 Å². The predicted octanol–water partition coefficient (Wildman–Crippen LogP) is 0.715. The molecule has 1 aromatic heterocycles. The number of hydrogen-bond acceptors (Lipinski definition) is 5. The van der Waals surface area contributed by atoms with Crippen molar-refractivity contribution in [1.82, 2.24) is 9.59 Å². The molecule has 0 saturated heterocycles. The molecule has 1 rings (SSSR count). The summed E-state index contributed by atoms with van der Waals surface area (Å²) in [4.78, 5) is 10.8. The summed E-state index contributed by atoms with van der Waals surface area (Å²) in [6, 6.07) is 0. The summed E-state index contributed by atoms with van der Waals surface area (Å²) >= 11 is 1.13. The summed E-state index contributed by atoms with van der Waals surface area (Å²) in [5, 5.41) is 5.08. The Morgan fingerprint density at radius 3 is 3.20 bits per heavy atom. The fourth-order valence-electron chi connectivity index (χ4n) is 0.459. The van der Waals surface area contributed by atoms with E-state index in [1.54, 1.807) is 12.3 Å². The van der Waals surface area contributed by atoms with Crippen LogP contribution in [0.1, 0.15) is 17.4 Å². The van der Waals surface area contributed by atoms with Gasteiger partial charge in [-0.25, -0.2) is 4.79 Å². The number of rotatable bonds is 2. The van der Waals surface area contributed by atoms with Gasteiger partial charge in [0.2, 0.25) is 0 Å². The van der Waals surface area contributed by atoms with Gasteiger partial charge in [-0.1, -0.05) is 4.49 Å². The smallest absolute Gasteiger partial charge is 0.359 e. The molecule has 1 aromatic rings. The van der Waals surface area contributed by atoms with Gasteiger partial charge in [-0.2, -0.15) is 0 Å². The Kier molecular flexibility index (Phi) is 2.33. The van der Waals surface area contributed by atoms with Crippen LogP contribution in [0, 0.1) is 0 Å². The molecule has 0 aliphatic rings. The van der Waals surface area contributed by atoms with E-state index in [4.69, 9.17) is 0 Å². The van der Waals surface area contributed by atoms with Gasteiger partial charge in [-0.05, 0) is 18.5 Å². The molecule has 5 heteroatoms. The Balaban J connectivity index is 2.59. The van der Waals surface area contributed by atoms with Crippen molar-refractivity contribution in [2.24, 2.45) is 0 Å². The summed E-state index contributed by atoms with van der Waals surface area (Å²) in [6.45, 7) is 2.12. The topological polar surface area (TPSA) is 52.1 Å². The van der Waals surface area contributed by atoms with Crippen LogP contribution in [-0.4, -0.2) is 22.2 Å². The molecule has 0 fully saturated rings. The molecular weight excluding hydrogens is 152 g/mol. The molecule has 0 bridgehead atoms. The fourth-order valence-corrected chi connectivity index (χ4v) is 0.884. The quantitative estimate of drug-likeness (QED) is 0.595. The number of aromatic nitrogens is 2. The molecule has 0 atom stereocenters. The van der Waals surface area contributed by atoms with E-state index in [-0.39, 0.29) is 5.69 Å². The van der Waals surface area contributed by atoms with Crippen molar-refractivity contribution in [2.45, 2.75) is 6.92 Å². The van der Waals surface area contributed by atoms with Crippen LogP contribution < -0.4 is 0 Å². The van der Waals surface area contributed by atoms with E-state index < -0.39 is 5.97 Å². The first-order valence-electron chi connectivity index (χ1n) is 2.78. The van der Waals surface area contributed by atoms with E-state index in [1.165, 1.54) is 0 Å². The number of nitrogens with zero attached hydrogens (tertiary/aromatic N) is 2. The Labute approximate surface area is 62.0 Å². The van der Waals surface area contributed by atoms with Crippen LogP contribution in [-0.2, 0) is 4.74 Å². The van der Waals surface area contributed by atoms with Gasteiger partial charge in [0.15, 0.2) is 5.69 Å². The second kappa shape index (κ2) is 3.26. The lowest BCUT2D eigenvalue weighted by atomic mass is 10.5. The molecule has 0 unspecified atom stereocenters. The molecule has 0 N–H and O–H groups in total. The summed E-state index contributed by atoms with van der Waals surface area (Å²) < 4.78 is 8.17. The first-order valence-corrected chi connectivity index (χ1v) is 3.62. The second-order valence-corrected chi connectivity index (χ2v) is 2.12. The Morgan fingerprint density at radius 1 is 1.90 bits per heavy atom. The fraction of sp³-hybridized carbons (Fsp3) is 0.400. The first-order chi connectivity index (χ1) is 4.84. The maximum Gasteiger partial charge on any atom is 0.359 e. The highest BCUT2D eigenvalue weighted by molar-refractivity contribution is 7.03. The van der Waals surface area contributed by atoms with Gasteiger partial charge in [0.25, 0.3) is 0 Å². The van der Waals surface area contributed by atoms with E-state index in [0.29, 0.717) is 6.61 Å². The number of ether oxygens (including phenoxy) is 1. The lowest BCUT2D eigenvalue weighted by molar-refractivity contribution is 0.0519.